The van der Waals surface area contributed by atoms with E-state index in [0.717, 1.165) is 32.9 Å². The molecule has 3 aromatic carbocycles. The summed E-state index contributed by atoms with van der Waals surface area (Å²) >= 11 is 0. The van der Waals surface area contributed by atoms with Gasteiger partial charge in [0.2, 0.25) is 0 Å². The number of aliphatic hydroxyl groups excluding tert-OH is 2. The van der Waals surface area contributed by atoms with E-state index >= 15 is 0 Å². The fourth-order valence-corrected chi connectivity index (χ4v) is 4.23. The Morgan fingerprint density at radius 2 is 1.72 bits per heavy atom. The van der Waals surface area contributed by atoms with Crippen LogP contribution in [0, 0.1) is 0 Å². The van der Waals surface area contributed by atoms with Crippen molar-refractivity contribution < 1.29 is 14.9 Å². The summed E-state index contributed by atoms with van der Waals surface area (Å²) in [6.07, 6.45) is -2.26. The molecule has 0 radical (unpaired) electrons. The lowest BCUT2D eigenvalue weighted by Crippen LogP contribution is -2.29. The zero-order chi connectivity index (χ0) is 16.7. The smallest absolute Gasteiger partial charge is 0.118 e. The van der Waals surface area contributed by atoms with E-state index in [1.54, 1.807) is 0 Å². The Hall–Kier alpha value is -2.53. The average molecular weight is 329 g/mol. The van der Waals surface area contributed by atoms with Gasteiger partial charge in [0.05, 0.1) is 11.0 Å². The van der Waals surface area contributed by atoms with Crippen LogP contribution in [0.2, 0.25) is 0 Å². The zero-order valence-electron chi connectivity index (χ0n) is 13.3. The van der Waals surface area contributed by atoms with Crippen LogP contribution in [-0.4, -0.2) is 27.4 Å². The molecule has 0 bridgehead atoms. The second kappa shape index (κ2) is 4.55. The SMILES string of the molecule is O[C@H]1[C@@H]2O[C@@H]2c2c(ccc3cc4c(ccc5ccccc54)nc23)[C@@H]1O. The van der Waals surface area contributed by atoms with E-state index in [4.69, 9.17) is 9.72 Å². The van der Waals surface area contributed by atoms with Crippen molar-refractivity contribution in [2.24, 2.45) is 0 Å². The molecule has 1 aromatic heterocycles. The number of ether oxygens (including phenoxy) is 1. The van der Waals surface area contributed by atoms with E-state index in [1.165, 1.54) is 10.8 Å². The van der Waals surface area contributed by atoms with Crippen LogP contribution >= 0.6 is 0 Å². The van der Waals surface area contributed by atoms with Gasteiger partial charge in [0.25, 0.3) is 0 Å². The molecule has 1 aliphatic carbocycles. The predicted molar refractivity (Wildman–Crippen MR) is 95.3 cm³/mol. The van der Waals surface area contributed by atoms with Crippen molar-refractivity contribution >= 4 is 32.6 Å². The van der Waals surface area contributed by atoms with Gasteiger partial charge >= 0.3 is 0 Å². The fraction of sp³-hybridized carbons (Fsp3) is 0.190. The van der Waals surface area contributed by atoms with Gasteiger partial charge in [-0.15, -0.1) is 0 Å². The first-order chi connectivity index (χ1) is 12.2. The minimum Gasteiger partial charge on any atom is -0.387 e. The maximum absolute atomic E-state index is 10.4. The molecule has 25 heavy (non-hydrogen) atoms. The quantitative estimate of drug-likeness (QED) is 0.295. The Kier molecular flexibility index (Phi) is 2.50. The topological polar surface area (TPSA) is 65.9 Å². The van der Waals surface area contributed by atoms with Gasteiger partial charge < -0.3 is 14.9 Å². The van der Waals surface area contributed by atoms with E-state index in [-0.39, 0.29) is 12.2 Å². The van der Waals surface area contributed by atoms with Gasteiger partial charge in [0.1, 0.15) is 24.4 Å². The molecule has 1 fully saturated rings. The molecule has 0 unspecified atom stereocenters. The predicted octanol–water partition coefficient (Wildman–Crippen LogP) is 3.39. The van der Waals surface area contributed by atoms with Crippen molar-refractivity contribution in [1.29, 1.82) is 0 Å². The molecule has 4 nitrogen and oxygen atoms in total. The Bertz CT molecular complexity index is 1190. The van der Waals surface area contributed by atoms with Crippen molar-refractivity contribution in [3.63, 3.8) is 0 Å². The molecule has 2 heterocycles. The second-order valence-electron chi connectivity index (χ2n) is 6.94. The van der Waals surface area contributed by atoms with E-state index in [0.29, 0.717) is 0 Å². The molecule has 4 atom stereocenters. The summed E-state index contributed by atoms with van der Waals surface area (Å²) in [5, 5.41) is 25.0. The Morgan fingerprint density at radius 1 is 0.880 bits per heavy atom. The summed E-state index contributed by atoms with van der Waals surface area (Å²) in [4.78, 5) is 4.90. The Morgan fingerprint density at radius 3 is 2.64 bits per heavy atom. The van der Waals surface area contributed by atoms with Crippen LogP contribution in [0.1, 0.15) is 23.3 Å². The molecular formula is C21H15NO3. The first kappa shape index (κ1) is 13.7. The standard InChI is InChI=1S/C21H15NO3/c23-18-13-7-5-11-9-14-12-4-2-1-3-10(12)6-8-15(14)22-17(11)16(13)20-21(25-20)19(18)24/h1-9,18-21,23-24H/t18-,19+,20+,21-/m0/s1. The Labute approximate surface area is 143 Å². The number of nitrogens with zero attached hydrogens (tertiary/aromatic N) is 1. The van der Waals surface area contributed by atoms with Crippen LogP contribution in [0.25, 0.3) is 32.6 Å². The molecule has 0 saturated carbocycles. The molecule has 122 valence electrons. The highest BCUT2D eigenvalue weighted by Crippen LogP contribution is 2.52. The highest BCUT2D eigenvalue weighted by atomic mass is 16.6. The fourth-order valence-electron chi connectivity index (χ4n) is 4.23. The highest BCUT2D eigenvalue weighted by Gasteiger charge is 2.54. The van der Waals surface area contributed by atoms with Crippen LogP contribution < -0.4 is 0 Å². The van der Waals surface area contributed by atoms with Crippen molar-refractivity contribution in [3.05, 3.63) is 65.7 Å². The third kappa shape index (κ3) is 1.74. The lowest BCUT2D eigenvalue weighted by Gasteiger charge is -2.24. The highest BCUT2D eigenvalue weighted by molar-refractivity contribution is 6.09. The van der Waals surface area contributed by atoms with E-state index < -0.39 is 12.2 Å². The number of hydrogen-bond donors (Lipinski definition) is 2. The molecule has 4 heteroatoms. The maximum Gasteiger partial charge on any atom is 0.118 e. The number of pyridine rings is 1. The second-order valence-corrected chi connectivity index (χ2v) is 6.94. The average Bonchev–Trinajstić information content (AvgIpc) is 3.44. The molecule has 2 aliphatic rings. The first-order valence-corrected chi connectivity index (χ1v) is 8.49. The summed E-state index contributed by atoms with van der Waals surface area (Å²) in [5.41, 5.74) is 3.44. The minimum atomic E-state index is -0.919. The normalized spacial score (nSPS) is 27.4. The monoisotopic (exact) mass is 329 g/mol. The molecule has 0 amide bonds. The van der Waals surface area contributed by atoms with E-state index in [1.807, 2.05) is 30.3 Å². The number of aromatic nitrogens is 1. The van der Waals surface area contributed by atoms with Gasteiger partial charge in [-0.1, -0.05) is 42.5 Å². The lowest BCUT2D eigenvalue weighted by atomic mass is 9.85. The van der Waals surface area contributed by atoms with Gasteiger partial charge in [-0.05, 0) is 28.5 Å². The van der Waals surface area contributed by atoms with E-state index in [9.17, 15) is 10.2 Å². The molecular weight excluding hydrogens is 314 g/mol. The summed E-state index contributed by atoms with van der Waals surface area (Å²) in [6, 6.07) is 18.4. The molecule has 0 spiro atoms. The number of aliphatic hydroxyl groups is 2. The Balaban J connectivity index is 1.72. The number of hydrogen-bond acceptors (Lipinski definition) is 4. The number of epoxide rings is 1. The van der Waals surface area contributed by atoms with Crippen LogP contribution in [0.5, 0.6) is 0 Å². The zero-order valence-corrected chi connectivity index (χ0v) is 13.3. The first-order valence-electron chi connectivity index (χ1n) is 8.49. The minimum absolute atomic E-state index is 0.164. The summed E-state index contributed by atoms with van der Waals surface area (Å²) in [7, 11) is 0. The van der Waals surface area contributed by atoms with Crippen molar-refractivity contribution in [2.45, 2.75) is 24.4 Å². The molecule has 2 N–H and O–H groups in total. The molecule has 4 aromatic rings. The van der Waals surface area contributed by atoms with Gasteiger partial charge in [0.15, 0.2) is 0 Å². The van der Waals surface area contributed by atoms with Crippen molar-refractivity contribution in [3.8, 4) is 0 Å². The molecule has 1 saturated heterocycles. The van der Waals surface area contributed by atoms with Crippen LogP contribution in [0.4, 0.5) is 0 Å². The van der Waals surface area contributed by atoms with Gasteiger partial charge in [-0.3, -0.25) is 0 Å². The largest absolute Gasteiger partial charge is 0.387 e. The van der Waals surface area contributed by atoms with Crippen molar-refractivity contribution in [1.82, 2.24) is 4.98 Å². The summed E-state index contributed by atoms with van der Waals surface area (Å²) < 4.78 is 5.63. The van der Waals surface area contributed by atoms with Crippen LogP contribution in [-0.2, 0) is 4.74 Å². The summed E-state index contributed by atoms with van der Waals surface area (Å²) in [6.45, 7) is 0. The van der Waals surface area contributed by atoms with E-state index in [2.05, 4.69) is 24.3 Å². The number of benzene rings is 3. The van der Waals surface area contributed by atoms with Gasteiger partial charge in [0, 0.05) is 16.3 Å². The molecule has 1 aliphatic heterocycles. The van der Waals surface area contributed by atoms with Crippen molar-refractivity contribution in [2.75, 3.05) is 0 Å². The number of fused-ring (bicyclic) bond motifs is 8. The van der Waals surface area contributed by atoms with Gasteiger partial charge in [-0.25, -0.2) is 4.98 Å². The third-order valence-corrected chi connectivity index (χ3v) is 5.55. The summed E-state index contributed by atoms with van der Waals surface area (Å²) in [5.74, 6) is 0. The maximum atomic E-state index is 10.4. The van der Waals surface area contributed by atoms with Crippen LogP contribution in [0.3, 0.4) is 0 Å². The third-order valence-electron chi connectivity index (χ3n) is 5.55. The number of rotatable bonds is 0. The molecule has 6 rings (SSSR count). The van der Waals surface area contributed by atoms with Gasteiger partial charge in [-0.2, -0.15) is 0 Å². The van der Waals surface area contributed by atoms with Crippen LogP contribution in [0.15, 0.2) is 54.6 Å². The lowest BCUT2D eigenvalue weighted by molar-refractivity contribution is 0.0000942.